The third-order valence-corrected chi connectivity index (χ3v) is 6.29. The number of hydrogen-bond acceptors (Lipinski definition) is 4. The second-order valence-corrected chi connectivity index (χ2v) is 7.91. The minimum atomic E-state index is -0.803. The molecule has 2 aliphatic rings. The largest absolute Gasteiger partial charge is 0.493 e. The van der Waals surface area contributed by atoms with Crippen molar-refractivity contribution >= 4 is 0 Å². The van der Waals surface area contributed by atoms with Crippen molar-refractivity contribution in [1.82, 2.24) is 4.90 Å². The molecule has 2 saturated heterocycles. The molecule has 2 aliphatic heterocycles. The topological polar surface area (TPSA) is 41.9 Å². The van der Waals surface area contributed by atoms with Gasteiger partial charge >= 0.3 is 0 Å². The average molecular weight is 367 g/mol. The van der Waals surface area contributed by atoms with Crippen LogP contribution in [0.15, 0.2) is 48.5 Å². The van der Waals surface area contributed by atoms with Crippen molar-refractivity contribution in [1.29, 1.82) is 0 Å². The zero-order chi connectivity index (χ0) is 18.9. The van der Waals surface area contributed by atoms with E-state index in [1.165, 1.54) is 12.0 Å². The number of benzene rings is 2. The van der Waals surface area contributed by atoms with Gasteiger partial charge in [0.1, 0.15) is 0 Å². The lowest BCUT2D eigenvalue weighted by molar-refractivity contribution is -0.1000. The van der Waals surface area contributed by atoms with E-state index in [0.717, 1.165) is 37.8 Å². The second kappa shape index (κ2) is 7.53. The van der Waals surface area contributed by atoms with Crippen LogP contribution >= 0.6 is 0 Å². The Hall–Kier alpha value is -2.04. The van der Waals surface area contributed by atoms with Gasteiger partial charge in [-0.3, -0.25) is 4.90 Å². The molecule has 2 atom stereocenters. The van der Waals surface area contributed by atoms with Gasteiger partial charge in [0.05, 0.1) is 19.8 Å². The van der Waals surface area contributed by atoms with Crippen molar-refractivity contribution < 1.29 is 14.6 Å². The van der Waals surface area contributed by atoms with E-state index in [-0.39, 0.29) is 0 Å². The SMILES string of the molecule is COc1ccc(C2(O)CC3CCCC(C2)N3Cc2ccccc2)cc1OC. The van der Waals surface area contributed by atoms with Crippen LogP contribution in [-0.4, -0.2) is 36.3 Å². The van der Waals surface area contributed by atoms with Gasteiger partial charge in [-0.05, 0) is 48.9 Å². The fourth-order valence-electron chi connectivity index (χ4n) is 4.93. The maximum atomic E-state index is 11.6. The highest BCUT2D eigenvalue weighted by Gasteiger charge is 2.46. The number of fused-ring (bicyclic) bond motifs is 2. The Morgan fingerprint density at radius 3 is 2.26 bits per heavy atom. The summed E-state index contributed by atoms with van der Waals surface area (Å²) >= 11 is 0. The molecule has 27 heavy (non-hydrogen) atoms. The molecule has 0 aliphatic carbocycles. The molecule has 2 aromatic rings. The summed E-state index contributed by atoms with van der Waals surface area (Å²) in [7, 11) is 3.28. The Morgan fingerprint density at radius 1 is 0.963 bits per heavy atom. The number of methoxy groups -OCH3 is 2. The number of hydrogen-bond donors (Lipinski definition) is 1. The Balaban J connectivity index is 1.58. The van der Waals surface area contributed by atoms with Crippen molar-refractivity contribution in [3.63, 3.8) is 0 Å². The first-order valence-electron chi connectivity index (χ1n) is 9.87. The number of piperidine rings is 2. The highest BCUT2D eigenvalue weighted by Crippen LogP contribution is 2.46. The molecule has 2 fully saturated rings. The molecule has 4 rings (SSSR count). The van der Waals surface area contributed by atoms with E-state index >= 15 is 0 Å². The molecule has 0 amide bonds. The van der Waals surface area contributed by atoms with Crippen molar-refractivity contribution in [3.05, 3.63) is 59.7 Å². The molecule has 2 bridgehead atoms. The quantitative estimate of drug-likeness (QED) is 0.864. The maximum Gasteiger partial charge on any atom is 0.161 e. The lowest BCUT2D eigenvalue weighted by atomic mass is 9.72. The van der Waals surface area contributed by atoms with E-state index < -0.39 is 5.60 Å². The summed E-state index contributed by atoms with van der Waals surface area (Å²) in [4.78, 5) is 2.62. The monoisotopic (exact) mass is 367 g/mol. The number of rotatable bonds is 5. The Kier molecular flexibility index (Phi) is 5.11. The number of nitrogens with zero attached hydrogens (tertiary/aromatic N) is 1. The minimum absolute atomic E-state index is 0.413. The average Bonchev–Trinajstić information content (AvgIpc) is 2.69. The van der Waals surface area contributed by atoms with Gasteiger partial charge in [0, 0.05) is 18.6 Å². The van der Waals surface area contributed by atoms with Gasteiger partial charge in [-0.1, -0.05) is 42.8 Å². The molecular weight excluding hydrogens is 338 g/mol. The van der Waals surface area contributed by atoms with E-state index in [1.54, 1.807) is 14.2 Å². The Bertz CT molecular complexity index is 762. The summed E-state index contributed by atoms with van der Waals surface area (Å²) in [6, 6.07) is 17.3. The molecule has 0 radical (unpaired) electrons. The van der Waals surface area contributed by atoms with Crippen LogP contribution in [0.1, 0.15) is 43.2 Å². The highest BCUT2D eigenvalue weighted by molar-refractivity contribution is 5.45. The van der Waals surface area contributed by atoms with Gasteiger partial charge in [-0.15, -0.1) is 0 Å². The van der Waals surface area contributed by atoms with Crippen LogP contribution in [0.5, 0.6) is 11.5 Å². The van der Waals surface area contributed by atoms with E-state index in [9.17, 15) is 5.11 Å². The molecule has 1 N–H and O–H groups in total. The van der Waals surface area contributed by atoms with Crippen molar-refractivity contribution in [2.45, 2.75) is 56.3 Å². The van der Waals surface area contributed by atoms with Crippen molar-refractivity contribution in [3.8, 4) is 11.5 Å². The third kappa shape index (κ3) is 3.56. The van der Waals surface area contributed by atoms with Crippen LogP contribution in [0.3, 0.4) is 0 Å². The fourth-order valence-corrected chi connectivity index (χ4v) is 4.93. The summed E-state index contributed by atoms with van der Waals surface area (Å²) in [6.07, 6.45) is 5.10. The molecule has 0 aromatic heterocycles. The Morgan fingerprint density at radius 2 is 1.63 bits per heavy atom. The first-order valence-corrected chi connectivity index (χ1v) is 9.87. The van der Waals surface area contributed by atoms with Gasteiger partial charge in [0.15, 0.2) is 11.5 Å². The summed E-state index contributed by atoms with van der Waals surface area (Å²) in [5.41, 5.74) is 1.49. The van der Waals surface area contributed by atoms with Gasteiger partial charge in [-0.25, -0.2) is 0 Å². The smallest absolute Gasteiger partial charge is 0.161 e. The number of aliphatic hydroxyl groups is 1. The first-order chi connectivity index (χ1) is 13.1. The van der Waals surface area contributed by atoms with Crippen LogP contribution in [0, 0.1) is 0 Å². The minimum Gasteiger partial charge on any atom is -0.493 e. The summed E-state index contributed by atoms with van der Waals surface area (Å²) in [5.74, 6) is 1.38. The van der Waals surface area contributed by atoms with Crippen LogP contribution < -0.4 is 9.47 Å². The summed E-state index contributed by atoms with van der Waals surface area (Å²) in [6.45, 7) is 0.970. The molecule has 0 spiro atoms. The predicted octanol–water partition coefficient (Wildman–Crippen LogP) is 4.11. The Labute approximate surface area is 161 Å². The molecular formula is C23H29NO3. The van der Waals surface area contributed by atoms with Crippen molar-refractivity contribution in [2.75, 3.05) is 14.2 Å². The molecule has 2 unspecified atom stereocenters. The van der Waals surface area contributed by atoms with Gasteiger partial charge in [0.25, 0.3) is 0 Å². The maximum absolute atomic E-state index is 11.6. The number of ether oxygens (including phenoxy) is 2. The molecule has 0 saturated carbocycles. The van der Waals surface area contributed by atoms with Gasteiger partial charge < -0.3 is 14.6 Å². The van der Waals surface area contributed by atoms with Gasteiger partial charge in [-0.2, -0.15) is 0 Å². The molecule has 2 heterocycles. The van der Waals surface area contributed by atoms with Crippen LogP contribution in [0.25, 0.3) is 0 Å². The van der Waals surface area contributed by atoms with E-state index in [4.69, 9.17) is 9.47 Å². The normalized spacial score (nSPS) is 28.0. The van der Waals surface area contributed by atoms with E-state index in [2.05, 4.69) is 35.2 Å². The summed E-state index contributed by atoms with van der Waals surface area (Å²) in [5, 5.41) is 11.6. The second-order valence-electron chi connectivity index (χ2n) is 7.91. The van der Waals surface area contributed by atoms with E-state index in [0.29, 0.717) is 23.6 Å². The van der Waals surface area contributed by atoms with Gasteiger partial charge in [0.2, 0.25) is 0 Å². The van der Waals surface area contributed by atoms with Crippen LogP contribution in [0.2, 0.25) is 0 Å². The predicted molar refractivity (Wildman–Crippen MR) is 106 cm³/mol. The van der Waals surface area contributed by atoms with Crippen LogP contribution in [0.4, 0.5) is 0 Å². The third-order valence-electron chi connectivity index (χ3n) is 6.29. The lowest BCUT2D eigenvalue weighted by Crippen LogP contribution is -2.56. The first kappa shape index (κ1) is 18.3. The zero-order valence-electron chi connectivity index (χ0n) is 16.2. The van der Waals surface area contributed by atoms with Crippen molar-refractivity contribution in [2.24, 2.45) is 0 Å². The van der Waals surface area contributed by atoms with Crippen LogP contribution in [-0.2, 0) is 12.1 Å². The highest BCUT2D eigenvalue weighted by atomic mass is 16.5. The summed E-state index contributed by atoms with van der Waals surface area (Å²) < 4.78 is 10.8. The molecule has 2 aromatic carbocycles. The molecule has 4 heteroatoms. The van der Waals surface area contributed by atoms with E-state index in [1.807, 2.05) is 18.2 Å². The molecule has 4 nitrogen and oxygen atoms in total. The fraction of sp³-hybridized carbons (Fsp3) is 0.478. The molecule has 144 valence electrons. The standard InChI is InChI=1S/C23H29NO3/c1-26-21-12-11-18(13-22(21)27-2)23(25)14-19-9-6-10-20(15-23)24(19)16-17-7-4-3-5-8-17/h3-5,7-8,11-13,19-20,25H,6,9-10,14-16H2,1-2H3. The zero-order valence-corrected chi connectivity index (χ0v) is 16.2. The lowest BCUT2D eigenvalue weighted by Gasteiger charge is -2.52.